The van der Waals surface area contributed by atoms with Gasteiger partial charge in [0.25, 0.3) is 0 Å². The van der Waals surface area contributed by atoms with E-state index in [2.05, 4.69) is 43.6 Å². The van der Waals surface area contributed by atoms with Crippen molar-refractivity contribution >= 4 is 0 Å². The van der Waals surface area contributed by atoms with Crippen molar-refractivity contribution in [2.75, 3.05) is 32.7 Å². The zero-order chi connectivity index (χ0) is 12.4. The molecule has 2 saturated heterocycles. The summed E-state index contributed by atoms with van der Waals surface area (Å²) in [7, 11) is 0. The van der Waals surface area contributed by atoms with Gasteiger partial charge in [-0.3, -0.25) is 4.90 Å². The van der Waals surface area contributed by atoms with E-state index >= 15 is 0 Å². The lowest BCUT2D eigenvalue weighted by molar-refractivity contribution is 0.118. The van der Waals surface area contributed by atoms with Gasteiger partial charge in [-0.25, -0.2) is 0 Å². The first-order valence-corrected chi connectivity index (χ1v) is 7.16. The van der Waals surface area contributed by atoms with E-state index in [0.717, 1.165) is 24.4 Å². The number of fused-ring (bicyclic) bond motifs is 1. The molecule has 0 N–H and O–H groups in total. The molecule has 2 aliphatic heterocycles. The highest BCUT2D eigenvalue weighted by atomic mass is 15.2. The van der Waals surface area contributed by atoms with E-state index in [4.69, 9.17) is 0 Å². The predicted molar refractivity (Wildman–Crippen MR) is 74.2 cm³/mol. The Morgan fingerprint density at radius 1 is 1.18 bits per heavy atom. The fraction of sp³-hybridized carbons (Fsp3) is 0.867. The molecule has 2 fully saturated rings. The zero-order valence-electron chi connectivity index (χ0n) is 11.9. The number of likely N-dealkylation sites (tertiary alicyclic amines) is 2. The molecule has 0 spiro atoms. The highest BCUT2D eigenvalue weighted by Gasteiger charge is 2.36. The normalized spacial score (nSPS) is 30.6. The summed E-state index contributed by atoms with van der Waals surface area (Å²) >= 11 is 0. The largest absolute Gasteiger partial charge is 0.301 e. The Bertz CT molecular complexity index is 279. The van der Waals surface area contributed by atoms with Crippen molar-refractivity contribution in [3.05, 3.63) is 11.6 Å². The minimum atomic E-state index is 0.725. The van der Waals surface area contributed by atoms with Crippen molar-refractivity contribution in [3.63, 3.8) is 0 Å². The molecule has 2 atom stereocenters. The molecule has 0 aliphatic carbocycles. The maximum atomic E-state index is 2.66. The Morgan fingerprint density at radius 2 is 1.88 bits per heavy atom. The lowest BCUT2D eigenvalue weighted by Crippen LogP contribution is -2.43. The molecule has 2 heterocycles. The van der Waals surface area contributed by atoms with Crippen molar-refractivity contribution in [2.24, 2.45) is 11.8 Å². The van der Waals surface area contributed by atoms with Crippen LogP contribution in [0.25, 0.3) is 0 Å². The average Bonchev–Trinajstić information content (AvgIpc) is 2.67. The average molecular weight is 236 g/mol. The second-order valence-electron chi connectivity index (χ2n) is 6.40. The Kier molecular flexibility index (Phi) is 4.26. The van der Waals surface area contributed by atoms with Gasteiger partial charge in [0.05, 0.1) is 0 Å². The van der Waals surface area contributed by atoms with Crippen LogP contribution in [-0.2, 0) is 0 Å². The molecular weight excluding hydrogens is 208 g/mol. The van der Waals surface area contributed by atoms with E-state index in [1.165, 1.54) is 38.2 Å². The summed E-state index contributed by atoms with van der Waals surface area (Å²) < 4.78 is 0. The van der Waals surface area contributed by atoms with E-state index in [9.17, 15) is 0 Å². The van der Waals surface area contributed by atoms with E-state index in [0.29, 0.717) is 0 Å². The summed E-state index contributed by atoms with van der Waals surface area (Å²) in [5, 5.41) is 0. The lowest BCUT2D eigenvalue weighted by atomic mass is 9.88. The van der Waals surface area contributed by atoms with Gasteiger partial charge >= 0.3 is 0 Å². The Labute approximate surface area is 107 Å². The van der Waals surface area contributed by atoms with Crippen LogP contribution in [0.15, 0.2) is 11.6 Å². The third kappa shape index (κ3) is 3.32. The number of nitrogens with zero attached hydrogens (tertiary/aromatic N) is 2. The fourth-order valence-corrected chi connectivity index (χ4v) is 3.22. The first-order valence-electron chi connectivity index (χ1n) is 7.16. The van der Waals surface area contributed by atoms with E-state index in [1.807, 2.05) is 0 Å². The lowest BCUT2D eigenvalue weighted by Gasteiger charge is -2.36. The first-order chi connectivity index (χ1) is 8.06. The van der Waals surface area contributed by atoms with Gasteiger partial charge in [-0.2, -0.15) is 0 Å². The fourth-order valence-electron chi connectivity index (χ4n) is 3.22. The molecule has 0 aromatic carbocycles. The maximum Gasteiger partial charge on any atom is 0.0165 e. The van der Waals surface area contributed by atoms with Crippen LogP contribution in [0.5, 0.6) is 0 Å². The number of allylic oxidation sites excluding steroid dienone is 1. The topological polar surface area (TPSA) is 6.48 Å². The Balaban J connectivity index is 1.86. The number of hydrogen-bond acceptors (Lipinski definition) is 2. The van der Waals surface area contributed by atoms with Crippen LogP contribution in [0, 0.1) is 11.8 Å². The minimum absolute atomic E-state index is 0.725. The molecule has 0 aromatic rings. The zero-order valence-corrected chi connectivity index (χ0v) is 11.9. The van der Waals surface area contributed by atoms with E-state index in [-0.39, 0.29) is 0 Å². The second-order valence-corrected chi connectivity index (χ2v) is 6.40. The third-order valence-corrected chi connectivity index (χ3v) is 4.40. The monoisotopic (exact) mass is 236 g/mol. The van der Waals surface area contributed by atoms with Crippen LogP contribution in [0.2, 0.25) is 0 Å². The molecule has 2 heteroatoms. The molecule has 0 aromatic heterocycles. The quantitative estimate of drug-likeness (QED) is 0.695. The molecule has 2 rings (SSSR count). The molecule has 2 aliphatic rings. The van der Waals surface area contributed by atoms with Gasteiger partial charge in [-0.1, -0.05) is 11.6 Å². The van der Waals surface area contributed by atoms with E-state index < -0.39 is 0 Å². The van der Waals surface area contributed by atoms with Crippen molar-refractivity contribution in [1.29, 1.82) is 0 Å². The highest BCUT2D eigenvalue weighted by molar-refractivity contribution is 4.98. The van der Waals surface area contributed by atoms with Crippen LogP contribution in [0.3, 0.4) is 0 Å². The van der Waals surface area contributed by atoms with Gasteiger partial charge in [-0.05, 0) is 52.5 Å². The van der Waals surface area contributed by atoms with Gasteiger partial charge in [0.1, 0.15) is 0 Å². The van der Waals surface area contributed by atoms with E-state index in [1.54, 1.807) is 0 Å². The standard InChI is InChI=1S/C15H28N2/c1-12(2)5-7-16-9-14-6-8-17(13(3)4)11-15(14)10-16/h5,13-15H,6-11H2,1-4H3. The van der Waals surface area contributed by atoms with Crippen LogP contribution < -0.4 is 0 Å². The van der Waals surface area contributed by atoms with Crippen LogP contribution >= 0.6 is 0 Å². The van der Waals surface area contributed by atoms with Gasteiger partial charge in [-0.15, -0.1) is 0 Å². The number of rotatable bonds is 3. The molecule has 0 radical (unpaired) electrons. The van der Waals surface area contributed by atoms with Gasteiger partial charge in [0.15, 0.2) is 0 Å². The summed E-state index contributed by atoms with van der Waals surface area (Å²) in [5.74, 6) is 1.90. The molecule has 0 bridgehead atoms. The smallest absolute Gasteiger partial charge is 0.0165 e. The van der Waals surface area contributed by atoms with Gasteiger partial charge in [0.2, 0.25) is 0 Å². The SMILES string of the molecule is CC(C)=CCN1CC2CCN(C(C)C)CC2C1. The van der Waals surface area contributed by atoms with Crippen LogP contribution in [0.1, 0.15) is 34.1 Å². The van der Waals surface area contributed by atoms with Gasteiger partial charge < -0.3 is 4.90 Å². The van der Waals surface area contributed by atoms with Crippen molar-refractivity contribution in [2.45, 2.75) is 40.2 Å². The highest BCUT2D eigenvalue weighted by Crippen LogP contribution is 2.31. The molecule has 0 amide bonds. The Hall–Kier alpha value is -0.340. The molecule has 2 unspecified atom stereocenters. The minimum Gasteiger partial charge on any atom is -0.301 e. The molecular formula is C15H28N2. The second kappa shape index (κ2) is 5.53. The summed E-state index contributed by atoms with van der Waals surface area (Å²) in [4.78, 5) is 5.30. The van der Waals surface area contributed by atoms with Gasteiger partial charge in [0, 0.05) is 32.2 Å². The van der Waals surface area contributed by atoms with Crippen LogP contribution in [0.4, 0.5) is 0 Å². The maximum absolute atomic E-state index is 2.66. The summed E-state index contributed by atoms with van der Waals surface area (Å²) in [6, 6.07) is 0.725. The molecule has 17 heavy (non-hydrogen) atoms. The van der Waals surface area contributed by atoms with Crippen molar-refractivity contribution in [3.8, 4) is 0 Å². The first kappa shape index (κ1) is 13.1. The molecule has 98 valence electrons. The number of hydrogen-bond donors (Lipinski definition) is 0. The number of piperidine rings is 1. The van der Waals surface area contributed by atoms with Crippen molar-refractivity contribution < 1.29 is 0 Å². The summed E-state index contributed by atoms with van der Waals surface area (Å²) in [5.41, 5.74) is 1.45. The summed E-state index contributed by atoms with van der Waals surface area (Å²) in [6.07, 6.45) is 3.78. The predicted octanol–water partition coefficient (Wildman–Crippen LogP) is 2.61. The molecule has 2 nitrogen and oxygen atoms in total. The van der Waals surface area contributed by atoms with Crippen molar-refractivity contribution in [1.82, 2.24) is 9.80 Å². The molecule has 0 saturated carbocycles. The Morgan fingerprint density at radius 3 is 2.53 bits per heavy atom. The van der Waals surface area contributed by atoms with Crippen LogP contribution in [-0.4, -0.2) is 48.6 Å². The third-order valence-electron chi connectivity index (χ3n) is 4.40. The summed E-state index contributed by atoms with van der Waals surface area (Å²) in [6.45, 7) is 15.5.